The van der Waals surface area contributed by atoms with Gasteiger partial charge in [-0.15, -0.1) is 0 Å². The maximum Gasteiger partial charge on any atom is 0.373 e. The molecule has 1 N–H and O–H groups in total. The van der Waals surface area contributed by atoms with Crippen LogP contribution in [0.1, 0.15) is 12.5 Å². The number of hydrogen-bond donors (Lipinski definition) is 1. The third kappa shape index (κ3) is 2.45. The normalized spacial score (nSPS) is 10.5. The van der Waals surface area contributed by atoms with Crippen LogP contribution in [0.5, 0.6) is 5.75 Å². The molecule has 2 aromatic heterocycles. The van der Waals surface area contributed by atoms with E-state index in [-0.39, 0.29) is 11.9 Å². The second-order valence-electron chi connectivity index (χ2n) is 5.14. The molecule has 0 fully saturated rings. The molecular weight excluding hydrogens is 312 g/mol. The van der Waals surface area contributed by atoms with E-state index in [2.05, 4.69) is 6.92 Å². The average Bonchev–Trinajstić information content (AvgIpc) is 2.94. The van der Waals surface area contributed by atoms with Crippen LogP contribution >= 0.6 is 0 Å². The summed E-state index contributed by atoms with van der Waals surface area (Å²) in [6.07, 6.45) is 1.13. The number of fused-ring (bicyclic) bond motifs is 5. The van der Waals surface area contributed by atoms with E-state index in [1.54, 1.807) is 12.1 Å². The standard InChI is InChI=1S/C17H12O4.CO2/c1-2-9-3-6-13-12(7-9)15-16(20-13)11-5-4-10(18)8-14(11)21-17(15)19;2-1-3/h3-8,18H,2H2,1H3;. The monoisotopic (exact) mass is 324 g/mol. The van der Waals surface area contributed by atoms with E-state index in [4.69, 9.17) is 18.4 Å². The third-order valence-electron chi connectivity index (χ3n) is 3.78. The molecule has 0 amide bonds. The first-order chi connectivity index (χ1) is 11.6. The van der Waals surface area contributed by atoms with E-state index in [9.17, 15) is 9.90 Å². The summed E-state index contributed by atoms with van der Waals surface area (Å²) < 4.78 is 11.2. The van der Waals surface area contributed by atoms with Crippen LogP contribution in [0.15, 0.2) is 50.0 Å². The predicted octanol–water partition coefficient (Wildman–Crippen LogP) is 3.38. The zero-order valence-electron chi connectivity index (χ0n) is 12.7. The quantitative estimate of drug-likeness (QED) is 0.539. The van der Waals surface area contributed by atoms with Crippen molar-refractivity contribution in [3.8, 4) is 5.75 Å². The van der Waals surface area contributed by atoms with Crippen LogP contribution in [0.3, 0.4) is 0 Å². The fourth-order valence-corrected chi connectivity index (χ4v) is 2.69. The molecule has 0 bridgehead atoms. The molecule has 0 atom stereocenters. The molecule has 2 heterocycles. The van der Waals surface area contributed by atoms with Crippen molar-refractivity contribution in [2.75, 3.05) is 0 Å². The minimum Gasteiger partial charge on any atom is -0.508 e. The van der Waals surface area contributed by atoms with Crippen molar-refractivity contribution in [3.63, 3.8) is 0 Å². The number of phenolic OH excluding ortho intramolecular Hbond substituents is 1. The lowest BCUT2D eigenvalue weighted by molar-refractivity contribution is -0.191. The Morgan fingerprint density at radius 3 is 2.46 bits per heavy atom. The van der Waals surface area contributed by atoms with Gasteiger partial charge in [0.1, 0.15) is 22.3 Å². The molecular formula is C18H12O6. The topological polar surface area (TPSA) is 97.7 Å². The second kappa shape index (κ2) is 6.02. The number of hydrogen-bond acceptors (Lipinski definition) is 6. The van der Waals surface area contributed by atoms with E-state index in [1.165, 1.54) is 6.07 Å². The van der Waals surface area contributed by atoms with Crippen LogP contribution in [-0.2, 0) is 16.0 Å². The van der Waals surface area contributed by atoms with E-state index < -0.39 is 5.63 Å². The first kappa shape index (κ1) is 15.5. The van der Waals surface area contributed by atoms with Crippen LogP contribution < -0.4 is 5.63 Å². The number of benzene rings is 2. The highest BCUT2D eigenvalue weighted by molar-refractivity contribution is 6.13. The van der Waals surface area contributed by atoms with Crippen molar-refractivity contribution < 1.29 is 23.5 Å². The van der Waals surface area contributed by atoms with Crippen molar-refractivity contribution >= 4 is 39.1 Å². The Balaban J connectivity index is 0.000000526. The summed E-state index contributed by atoms with van der Waals surface area (Å²) in [5.74, 6) is 0.0504. The summed E-state index contributed by atoms with van der Waals surface area (Å²) in [5, 5.41) is 11.4. The Hall–Kier alpha value is -3.37. The van der Waals surface area contributed by atoms with Crippen molar-refractivity contribution in [2.24, 2.45) is 0 Å². The molecule has 2 aromatic carbocycles. The Morgan fingerprint density at radius 2 is 1.75 bits per heavy atom. The minimum absolute atomic E-state index is 0.0504. The molecule has 0 aliphatic rings. The summed E-state index contributed by atoms with van der Waals surface area (Å²) >= 11 is 0. The third-order valence-corrected chi connectivity index (χ3v) is 3.78. The first-order valence-corrected chi connectivity index (χ1v) is 7.19. The zero-order chi connectivity index (χ0) is 17.3. The fourth-order valence-electron chi connectivity index (χ4n) is 2.69. The van der Waals surface area contributed by atoms with Gasteiger partial charge in [0.2, 0.25) is 0 Å². The molecule has 0 saturated heterocycles. The van der Waals surface area contributed by atoms with E-state index in [0.717, 1.165) is 17.4 Å². The van der Waals surface area contributed by atoms with Gasteiger partial charge in [-0.25, -0.2) is 4.79 Å². The smallest absolute Gasteiger partial charge is 0.373 e. The van der Waals surface area contributed by atoms with E-state index in [0.29, 0.717) is 27.5 Å². The Kier molecular flexibility index (Phi) is 3.90. The Labute approximate surface area is 134 Å². The van der Waals surface area contributed by atoms with Crippen molar-refractivity contribution in [1.29, 1.82) is 0 Å². The molecule has 6 nitrogen and oxygen atoms in total. The minimum atomic E-state index is -0.449. The van der Waals surface area contributed by atoms with E-state index in [1.807, 2.05) is 18.2 Å². The predicted molar refractivity (Wildman–Crippen MR) is 85.8 cm³/mol. The summed E-state index contributed by atoms with van der Waals surface area (Å²) in [5.41, 5.74) is 2.17. The highest BCUT2D eigenvalue weighted by Gasteiger charge is 2.16. The van der Waals surface area contributed by atoms with E-state index >= 15 is 0 Å². The number of carbonyl (C=O) groups excluding carboxylic acids is 2. The highest BCUT2D eigenvalue weighted by atomic mass is 16.4. The number of phenols is 1. The average molecular weight is 324 g/mol. The zero-order valence-corrected chi connectivity index (χ0v) is 12.7. The summed E-state index contributed by atoms with van der Waals surface area (Å²) in [6, 6.07) is 10.5. The lowest BCUT2D eigenvalue weighted by atomic mass is 10.1. The van der Waals surface area contributed by atoms with Gasteiger partial charge in [-0.05, 0) is 36.2 Å². The number of aryl methyl sites for hydroxylation is 1. The Morgan fingerprint density at radius 1 is 1.00 bits per heavy atom. The second-order valence-corrected chi connectivity index (χ2v) is 5.14. The van der Waals surface area contributed by atoms with Crippen LogP contribution in [0.2, 0.25) is 0 Å². The van der Waals surface area contributed by atoms with Crippen LogP contribution in [0, 0.1) is 0 Å². The molecule has 6 heteroatoms. The van der Waals surface area contributed by atoms with Gasteiger partial charge in [0.05, 0.1) is 5.39 Å². The van der Waals surface area contributed by atoms with Gasteiger partial charge < -0.3 is 13.9 Å². The summed E-state index contributed by atoms with van der Waals surface area (Å²) in [4.78, 5) is 28.5. The lowest BCUT2D eigenvalue weighted by Gasteiger charge is -1.98. The van der Waals surface area contributed by atoms with Gasteiger partial charge in [0.25, 0.3) is 0 Å². The van der Waals surface area contributed by atoms with Gasteiger partial charge in [0, 0.05) is 11.5 Å². The van der Waals surface area contributed by atoms with Crippen molar-refractivity contribution in [1.82, 2.24) is 0 Å². The number of furan rings is 1. The maximum absolute atomic E-state index is 12.3. The van der Waals surface area contributed by atoms with Crippen LogP contribution in [0.25, 0.3) is 32.9 Å². The first-order valence-electron chi connectivity index (χ1n) is 7.19. The van der Waals surface area contributed by atoms with Crippen LogP contribution in [-0.4, -0.2) is 11.3 Å². The Bertz CT molecular complexity index is 1140. The largest absolute Gasteiger partial charge is 0.508 e. The molecule has 0 spiro atoms. The number of rotatable bonds is 1. The molecule has 0 saturated carbocycles. The molecule has 0 aliphatic carbocycles. The molecule has 24 heavy (non-hydrogen) atoms. The molecule has 0 aliphatic heterocycles. The molecule has 4 rings (SSSR count). The molecule has 0 unspecified atom stereocenters. The van der Waals surface area contributed by atoms with Gasteiger partial charge >= 0.3 is 11.8 Å². The van der Waals surface area contributed by atoms with Crippen molar-refractivity contribution in [2.45, 2.75) is 13.3 Å². The molecule has 120 valence electrons. The number of aromatic hydroxyl groups is 1. The van der Waals surface area contributed by atoms with Gasteiger partial charge in [-0.1, -0.05) is 13.0 Å². The van der Waals surface area contributed by atoms with Gasteiger partial charge in [-0.2, -0.15) is 9.59 Å². The SMILES string of the molecule is CCc1ccc2oc3c4ccc(O)cc4oc(=O)c3c2c1.O=C=O. The van der Waals surface area contributed by atoms with Crippen LogP contribution in [0.4, 0.5) is 0 Å². The highest BCUT2D eigenvalue weighted by Crippen LogP contribution is 2.33. The summed E-state index contributed by atoms with van der Waals surface area (Å²) in [6.45, 7) is 2.06. The van der Waals surface area contributed by atoms with Crippen molar-refractivity contribution in [3.05, 3.63) is 52.4 Å². The lowest BCUT2D eigenvalue weighted by Crippen LogP contribution is -1.98. The molecule has 4 aromatic rings. The summed E-state index contributed by atoms with van der Waals surface area (Å²) in [7, 11) is 0. The fraction of sp³-hybridized carbons (Fsp3) is 0.111. The van der Waals surface area contributed by atoms with Gasteiger partial charge in [0.15, 0.2) is 5.58 Å². The maximum atomic E-state index is 12.3. The molecule has 0 radical (unpaired) electrons. The van der Waals surface area contributed by atoms with Gasteiger partial charge in [-0.3, -0.25) is 0 Å².